The number of alkyl carbamates (subject to hydrolysis) is 1. The standard InChI is InChI=1S/C27H32N2O6/c1-18(10-11-25(30)29-12-13-34-19(16-29)14-26(31)32)15-28-27(33)35-17-24-22-8-4-2-6-20(22)21-7-3-5-9-23(21)24/h2-9,18-19,24H,10-17H2,1H3,(H,28,33)(H,31,32). The third-order valence-corrected chi connectivity index (χ3v) is 6.68. The summed E-state index contributed by atoms with van der Waals surface area (Å²) in [5, 5.41) is 11.7. The number of nitrogens with zero attached hydrogens (tertiary/aromatic N) is 1. The van der Waals surface area contributed by atoms with Crippen molar-refractivity contribution in [1.82, 2.24) is 10.2 Å². The molecule has 1 aliphatic heterocycles. The monoisotopic (exact) mass is 480 g/mol. The van der Waals surface area contributed by atoms with Gasteiger partial charge in [0.1, 0.15) is 6.61 Å². The van der Waals surface area contributed by atoms with E-state index in [9.17, 15) is 14.4 Å². The average Bonchev–Trinajstić information content (AvgIpc) is 3.18. The summed E-state index contributed by atoms with van der Waals surface area (Å²) in [5.74, 6) is -0.842. The molecule has 1 saturated heterocycles. The number of rotatable bonds is 9. The molecule has 0 spiro atoms. The van der Waals surface area contributed by atoms with Crippen molar-refractivity contribution in [2.24, 2.45) is 5.92 Å². The molecule has 0 radical (unpaired) electrons. The molecule has 1 fully saturated rings. The summed E-state index contributed by atoms with van der Waals surface area (Å²) in [6.07, 6.45) is -0.0753. The van der Waals surface area contributed by atoms with Crippen LogP contribution in [0.4, 0.5) is 4.79 Å². The lowest BCUT2D eigenvalue weighted by Gasteiger charge is -2.32. The third-order valence-electron chi connectivity index (χ3n) is 6.68. The van der Waals surface area contributed by atoms with Crippen molar-refractivity contribution in [3.8, 4) is 11.1 Å². The van der Waals surface area contributed by atoms with E-state index < -0.39 is 18.2 Å². The number of amides is 2. The van der Waals surface area contributed by atoms with E-state index in [2.05, 4.69) is 29.6 Å². The van der Waals surface area contributed by atoms with Crippen molar-refractivity contribution in [3.63, 3.8) is 0 Å². The van der Waals surface area contributed by atoms with Gasteiger partial charge in [-0.2, -0.15) is 0 Å². The van der Waals surface area contributed by atoms with Crippen LogP contribution in [0.15, 0.2) is 48.5 Å². The Labute approximate surface area is 205 Å². The van der Waals surface area contributed by atoms with Crippen LogP contribution in [0.3, 0.4) is 0 Å². The summed E-state index contributed by atoms with van der Waals surface area (Å²) in [6, 6.07) is 16.4. The molecular formula is C27H32N2O6. The van der Waals surface area contributed by atoms with E-state index in [1.807, 2.05) is 31.2 Å². The minimum absolute atomic E-state index is 0.0154. The van der Waals surface area contributed by atoms with E-state index in [1.165, 1.54) is 22.3 Å². The molecule has 2 aromatic rings. The lowest BCUT2D eigenvalue weighted by molar-refractivity contribution is -0.147. The van der Waals surface area contributed by atoms with Gasteiger partial charge in [0.05, 0.1) is 19.1 Å². The summed E-state index contributed by atoms with van der Waals surface area (Å²) >= 11 is 0. The van der Waals surface area contributed by atoms with Crippen LogP contribution in [0, 0.1) is 5.92 Å². The summed E-state index contributed by atoms with van der Waals surface area (Å²) in [6.45, 7) is 3.78. The molecule has 0 saturated carbocycles. The lowest BCUT2D eigenvalue weighted by Crippen LogP contribution is -2.46. The maximum atomic E-state index is 12.5. The second kappa shape index (κ2) is 11.4. The van der Waals surface area contributed by atoms with Crippen LogP contribution >= 0.6 is 0 Å². The zero-order valence-electron chi connectivity index (χ0n) is 19.9. The highest BCUT2D eigenvalue weighted by molar-refractivity contribution is 5.79. The molecule has 35 heavy (non-hydrogen) atoms. The SMILES string of the molecule is CC(CCC(=O)N1CCOC(CC(=O)O)C1)CNC(=O)OCC1c2ccccc2-c2ccccc21. The fourth-order valence-corrected chi connectivity index (χ4v) is 4.80. The molecule has 4 rings (SSSR count). The van der Waals surface area contributed by atoms with Crippen LogP contribution < -0.4 is 5.32 Å². The Bertz CT molecular complexity index is 1030. The molecule has 0 bridgehead atoms. The Hall–Kier alpha value is -3.39. The number of ether oxygens (including phenoxy) is 2. The molecule has 2 N–H and O–H groups in total. The minimum atomic E-state index is -0.933. The summed E-state index contributed by atoms with van der Waals surface area (Å²) in [7, 11) is 0. The molecule has 2 unspecified atom stereocenters. The Kier molecular flexibility index (Phi) is 8.02. The van der Waals surface area contributed by atoms with Gasteiger partial charge in [-0.05, 0) is 34.6 Å². The molecule has 186 valence electrons. The minimum Gasteiger partial charge on any atom is -0.481 e. The van der Waals surface area contributed by atoms with Gasteiger partial charge in [0.15, 0.2) is 0 Å². The highest BCUT2D eigenvalue weighted by atomic mass is 16.5. The zero-order valence-corrected chi connectivity index (χ0v) is 19.9. The second-order valence-corrected chi connectivity index (χ2v) is 9.28. The van der Waals surface area contributed by atoms with Crippen LogP contribution in [0.25, 0.3) is 11.1 Å². The van der Waals surface area contributed by atoms with E-state index in [-0.39, 0.29) is 30.8 Å². The Morgan fingerprint density at radius 2 is 1.77 bits per heavy atom. The first-order valence-corrected chi connectivity index (χ1v) is 12.1. The van der Waals surface area contributed by atoms with Crippen LogP contribution in [-0.4, -0.2) is 66.9 Å². The Morgan fingerprint density at radius 1 is 1.11 bits per heavy atom. The highest BCUT2D eigenvalue weighted by Gasteiger charge is 2.29. The van der Waals surface area contributed by atoms with Gasteiger partial charge in [-0.25, -0.2) is 4.79 Å². The van der Waals surface area contributed by atoms with E-state index in [0.717, 1.165) is 0 Å². The van der Waals surface area contributed by atoms with Gasteiger partial charge < -0.3 is 24.8 Å². The molecule has 2 aliphatic rings. The number of carboxylic acids is 1. The van der Waals surface area contributed by atoms with E-state index in [4.69, 9.17) is 14.6 Å². The number of morpholine rings is 1. The van der Waals surface area contributed by atoms with Gasteiger partial charge in [0, 0.05) is 32.0 Å². The van der Waals surface area contributed by atoms with Crippen LogP contribution in [0.2, 0.25) is 0 Å². The van der Waals surface area contributed by atoms with Crippen molar-refractivity contribution in [2.45, 2.75) is 38.2 Å². The number of hydrogen-bond acceptors (Lipinski definition) is 5. The molecule has 0 aromatic heterocycles. The summed E-state index contributed by atoms with van der Waals surface area (Å²) in [4.78, 5) is 37.5. The number of carbonyl (C=O) groups excluding carboxylic acids is 2. The summed E-state index contributed by atoms with van der Waals surface area (Å²) in [5.41, 5.74) is 4.71. The largest absolute Gasteiger partial charge is 0.481 e. The predicted octanol–water partition coefficient (Wildman–Crippen LogP) is 3.64. The Balaban J connectivity index is 1.19. The van der Waals surface area contributed by atoms with Crippen molar-refractivity contribution < 1.29 is 29.0 Å². The normalized spacial score (nSPS) is 17.9. The number of carboxylic acid groups (broad SMARTS) is 1. The quantitative estimate of drug-likeness (QED) is 0.568. The first-order chi connectivity index (χ1) is 16.9. The fourth-order valence-electron chi connectivity index (χ4n) is 4.80. The topological polar surface area (TPSA) is 105 Å². The van der Waals surface area contributed by atoms with Crippen molar-refractivity contribution >= 4 is 18.0 Å². The maximum Gasteiger partial charge on any atom is 0.407 e. The molecular weight excluding hydrogens is 448 g/mol. The molecule has 1 aliphatic carbocycles. The van der Waals surface area contributed by atoms with Gasteiger partial charge in [0.25, 0.3) is 0 Å². The molecule has 2 amide bonds. The fraction of sp³-hybridized carbons (Fsp3) is 0.444. The molecule has 2 aromatic carbocycles. The van der Waals surface area contributed by atoms with Gasteiger partial charge in [-0.3, -0.25) is 9.59 Å². The summed E-state index contributed by atoms with van der Waals surface area (Å²) < 4.78 is 11.0. The van der Waals surface area contributed by atoms with E-state index >= 15 is 0 Å². The smallest absolute Gasteiger partial charge is 0.407 e. The molecule has 8 heteroatoms. The number of carbonyl (C=O) groups is 3. The maximum absolute atomic E-state index is 12.5. The average molecular weight is 481 g/mol. The van der Waals surface area contributed by atoms with Gasteiger partial charge >= 0.3 is 12.1 Å². The van der Waals surface area contributed by atoms with Crippen LogP contribution in [0.5, 0.6) is 0 Å². The van der Waals surface area contributed by atoms with E-state index in [0.29, 0.717) is 39.1 Å². The first-order valence-electron chi connectivity index (χ1n) is 12.1. The van der Waals surface area contributed by atoms with Crippen molar-refractivity contribution in [1.29, 1.82) is 0 Å². The lowest BCUT2D eigenvalue weighted by atomic mass is 9.98. The predicted molar refractivity (Wildman–Crippen MR) is 130 cm³/mol. The van der Waals surface area contributed by atoms with Gasteiger partial charge in [0.2, 0.25) is 5.91 Å². The van der Waals surface area contributed by atoms with Crippen molar-refractivity contribution in [3.05, 3.63) is 59.7 Å². The zero-order chi connectivity index (χ0) is 24.8. The second-order valence-electron chi connectivity index (χ2n) is 9.28. The number of nitrogens with one attached hydrogen (secondary N) is 1. The molecule has 1 heterocycles. The third kappa shape index (κ3) is 6.19. The van der Waals surface area contributed by atoms with Crippen LogP contribution in [0.1, 0.15) is 43.2 Å². The number of fused-ring (bicyclic) bond motifs is 3. The number of hydrogen-bond donors (Lipinski definition) is 2. The first kappa shape index (κ1) is 24.7. The number of benzene rings is 2. The molecule has 2 atom stereocenters. The van der Waals surface area contributed by atoms with E-state index in [1.54, 1.807) is 4.90 Å². The number of aliphatic carboxylic acids is 1. The highest BCUT2D eigenvalue weighted by Crippen LogP contribution is 2.44. The van der Waals surface area contributed by atoms with Crippen molar-refractivity contribution in [2.75, 3.05) is 32.8 Å². The molecule has 8 nitrogen and oxygen atoms in total. The Morgan fingerprint density at radius 3 is 2.43 bits per heavy atom. The van der Waals surface area contributed by atoms with Gasteiger partial charge in [-0.15, -0.1) is 0 Å². The van der Waals surface area contributed by atoms with Gasteiger partial charge in [-0.1, -0.05) is 55.5 Å². The van der Waals surface area contributed by atoms with Crippen LogP contribution in [-0.2, 0) is 19.1 Å².